The molecule has 8 aromatic rings. The maximum atomic E-state index is 2.41. The normalized spacial score (nSPS) is 12.4. The lowest BCUT2D eigenvalue weighted by atomic mass is 9.82. The highest BCUT2D eigenvalue weighted by Gasteiger charge is 2.35. The first-order chi connectivity index (χ1) is 26.6. The predicted octanol–water partition coefficient (Wildman–Crippen LogP) is 14.1. The van der Waals surface area contributed by atoms with Crippen LogP contribution in [0.15, 0.2) is 212 Å². The molecule has 0 aliphatic heterocycles. The minimum Gasteiger partial charge on any atom is -0.310 e. The Hall–Kier alpha value is -6.70. The Morgan fingerprint density at radius 3 is 1.26 bits per heavy atom. The van der Waals surface area contributed by atoms with Gasteiger partial charge < -0.3 is 4.90 Å². The lowest BCUT2D eigenvalue weighted by Gasteiger charge is -2.28. The van der Waals surface area contributed by atoms with E-state index in [1.54, 1.807) is 0 Å². The Labute approximate surface area is 319 Å². The Morgan fingerprint density at radius 2 is 0.722 bits per heavy atom. The molecule has 0 heterocycles. The molecule has 0 saturated heterocycles. The van der Waals surface area contributed by atoms with Crippen LogP contribution in [-0.4, -0.2) is 0 Å². The third-order valence-electron chi connectivity index (χ3n) is 10.9. The zero-order chi connectivity index (χ0) is 36.5. The van der Waals surface area contributed by atoms with Crippen LogP contribution in [0.1, 0.15) is 47.2 Å². The Bertz CT molecular complexity index is 2530. The summed E-state index contributed by atoms with van der Waals surface area (Å²) in [6, 6.07) is 76.9. The molecule has 1 heteroatoms. The molecule has 1 aliphatic rings. The zero-order valence-electron chi connectivity index (χ0n) is 30.7. The average molecular weight is 692 g/mol. The first-order valence-corrected chi connectivity index (χ1v) is 18.8. The fourth-order valence-corrected chi connectivity index (χ4v) is 8.21. The van der Waals surface area contributed by atoms with Gasteiger partial charge in [0.05, 0.1) is 0 Å². The maximum absolute atomic E-state index is 2.41. The van der Waals surface area contributed by atoms with Crippen LogP contribution in [0, 0.1) is 0 Å². The standard InChI is InChI=1S/C53H41N/c1-53(2)49-26-16-15-25-47(49)48-36-35-46(37-50(48)53)54(44-31-27-39(28-32-44)38-17-7-3-8-18-38)45-33-29-43(30-34-45)52(42-23-13-6-14-24-42)51(40-19-9-4-10-20-40)41-21-11-5-12-22-41/h3-37H,1-2H3. The highest BCUT2D eigenvalue weighted by molar-refractivity contribution is 6.04. The smallest absolute Gasteiger partial charge is 0.0465 e. The second-order valence-corrected chi connectivity index (χ2v) is 14.5. The molecule has 0 radical (unpaired) electrons. The molecule has 258 valence electrons. The molecule has 1 nitrogen and oxygen atoms in total. The van der Waals surface area contributed by atoms with Crippen LogP contribution < -0.4 is 4.90 Å². The van der Waals surface area contributed by atoms with Crippen molar-refractivity contribution in [3.63, 3.8) is 0 Å². The molecular formula is C53H41N. The molecule has 0 bridgehead atoms. The van der Waals surface area contributed by atoms with Crippen molar-refractivity contribution in [1.29, 1.82) is 0 Å². The van der Waals surface area contributed by atoms with E-state index < -0.39 is 0 Å². The number of nitrogens with zero attached hydrogens (tertiary/aromatic N) is 1. The van der Waals surface area contributed by atoms with Gasteiger partial charge in [-0.15, -0.1) is 0 Å². The molecule has 0 aromatic heterocycles. The van der Waals surface area contributed by atoms with Crippen molar-refractivity contribution in [1.82, 2.24) is 0 Å². The molecule has 0 amide bonds. The van der Waals surface area contributed by atoms with Gasteiger partial charge in [0.1, 0.15) is 0 Å². The summed E-state index contributed by atoms with van der Waals surface area (Å²) in [5.41, 5.74) is 18.2. The van der Waals surface area contributed by atoms with Crippen LogP contribution in [0.5, 0.6) is 0 Å². The summed E-state index contributed by atoms with van der Waals surface area (Å²) >= 11 is 0. The molecule has 0 N–H and O–H groups in total. The molecular weight excluding hydrogens is 651 g/mol. The molecule has 0 spiro atoms. The minimum atomic E-state index is -0.102. The van der Waals surface area contributed by atoms with Gasteiger partial charge in [-0.05, 0) is 103 Å². The van der Waals surface area contributed by atoms with Gasteiger partial charge in [-0.2, -0.15) is 0 Å². The van der Waals surface area contributed by atoms with E-state index in [0.29, 0.717) is 0 Å². The third-order valence-corrected chi connectivity index (χ3v) is 10.9. The van der Waals surface area contributed by atoms with E-state index in [1.807, 2.05) is 0 Å². The summed E-state index contributed by atoms with van der Waals surface area (Å²) in [5, 5.41) is 0. The molecule has 1 aliphatic carbocycles. The molecule has 54 heavy (non-hydrogen) atoms. The second-order valence-electron chi connectivity index (χ2n) is 14.5. The lowest BCUT2D eigenvalue weighted by Crippen LogP contribution is -2.16. The molecule has 8 aromatic carbocycles. The van der Waals surface area contributed by atoms with E-state index in [2.05, 4.69) is 231 Å². The predicted molar refractivity (Wildman–Crippen MR) is 228 cm³/mol. The SMILES string of the molecule is CC1(C)c2ccccc2-c2ccc(N(c3ccc(C(=C(c4ccccc4)c4ccccc4)c4ccccc4)cc3)c3ccc(-c4ccccc4)cc3)cc21. The van der Waals surface area contributed by atoms with Crippen molar-refractivity contribution in [3.05, 3.63) is 246 Å². The van der Waals surface area contributed by atoms with Crippen LogP contribution in [0.3, 0.4) is 0 Å². The van der Waals surface area contributed by atoms with Gasteiger partial charge in [0.2, 0.25) is 0 Å². The van der Waals surface area contributed by atoms with Gasteiger partial charge in [0, 0.05) is 22.5 Å². The summed E-state index contributed by atoms with van der Waals surface area (Å²) in [4.78, 5) is 2.40. The largest absolute Gasteiger partial charge is 0.310 e. The van der Waals surface area contributed by atoms with Gasteiger partial charge in [0.15, 0.2) is 0 Å². The highest BCUT2D eigenvalue weighted by Crippen LogP contribution is 2.50. The highest BCUT2D eigenvalue weighted by atomic mass is 15.1. The number of benzene rings is 8. The number of hydrogen-bond donors (Lipinski definition) is 0. The first kappa shape index (κ1) is 33.2. The van der Waals surface area contributed by atoms with E-state index in [0.717, 1.165) is 22.6 Å². The van der Waals surface area contributed by atoms with Gasteiger partial charge in [-0.1, -0.05) is 190 Å². The molecule has 0 atom stereocenters. The summed E-state index contributed by atoms with van der Waals surface area (Å²) in [6.45, 7) is 4.70. The van der Waals surface area contributed by atoms with Crippen LogP contribution in [0.4, 0.5) is 17.1 Å². The van der Waals surface area contributed by atoms with Crippen LogP contribution in [-0.2, 0) is 5.41 Å². The molecule has 0 unspecified atom stereocenters. The second kappa shape index (κ2) is 14.0. The van der Waals surface area contributed by atoms with Crippen molar-refractivity contribution in [2.24, 2.45) is 0 Å². The summed E-state index contributed by atoms with van der Waals surface area (Å²) in [6.07, 6.45) is 0. The number of anilines is 3. The summed E-state index contributed by atoms with van der Waals surface area (Å²) in [7, 11) is 0. The van der Waals surface area contributed by atoms with Gasteiger partial charge in [-0.3, -0.25) is 0 Å². The van der Waals surface area contributed by atoms with E-state index in [-0.39, 0.29) is 5.41 Å². The molecule has 0 saturated carbocycles. The average Bonchev–Trinajstić information content (AvgIpc) is 3.47. The Kier molecular flexibility index (Phi) is 8.61. The summed E-state index contributed by atoms with van der Waals surface area (Å²) < 4.78 is 0. The van der Waals surface area contributed by atoms with E-state index in [1.165, 1.54) is 61.2 Å². The van der Waals surface area contributed by atoms with Crippen molar-refractivity contribution in [3.8, 4) is 22.3 Å². The maximum Gasteiger partial charge on any atom is 0.0465 e. The van der Waals surface area contributed by atoms with Gasteiger partial charge in [-0.25, -0.2) is 0 Å². The third kappa shape index (κ3) is 6.04. The van der Waals surface area contributed by atoms with Crippen LogP contribution >= 0.6 is 0 Å². The van der Waals surface area contributed by atoms with Crippen molar-refractivity contribution in [2.75, 3.05) is 4.90 Å². The number of rotatable bonds is 8. The van der Waals surface area contributed by atoms with Crippen molar-refractivity contribution in [2.45, 2.75) is 19.3 Å². The minimum absolute atomic E-state index is 0.102. The molecule has 0 fully saturated rings. The van der Waals surface area contributed by atoms with E-state index in [4.69, 9.17) is 0 Å². The van der Waals surface area contributed by atoms with E-state index in [9.17, 15) is 0 Å². The van der Waals surface area contributed by atoms with Crippen molar-refractivity contribution >= 4 is 28.2 Å². The number of fused-ring (bicyclic) bond motifs is 3. The lowest BCUT2D eigenvalue weighted by molar-refractivity contribution is 0.660. The summed E-state index contributed by atoms with van der Waals surface area (Å²) in [5.74, 6) is 0. The van der Waals surface area contributed by atoms with Crippen LogP contribution in [0.2, 0.25) is 0 Å². The topological polar surface area (TPSA) is 3.24 Å². The number of hydrogen-bond acceptors (Lipinski definition) is 1. The molecule has 9 rings (SSSR count). The Morgan fingerprint density at radius 1 is 0.333 bits per heavy atom. The first-order valence-electron chi connectivity index (χ1n) is 18.8. The quantitative estimate of drug-likeness (QED) is 0.143. The Balaban J connectivity index is 1.20. The van der Waals surface area contributed by atoms with E-state index >= 15 is 0 Å². The monoisotopic (exact) mass is 691 g/mol. The van der Waals surface area contributed by atoms with Crippen molar-refractivity contribution < 1.29 is 0 Å². The van der Waals surface area contributed by atoms with Crippen LogP contribution in [0.25, 0.3) is 33.4 Å². The van der Waals surface area contributed by atoms with Gasteiger partial charge >= 0.3 is 0 Å². The zero-order valence-corrected chi connectivity index (χ0v) is 30.7. The fraction of sp³-hybridized carbons (Fsp3) is 0.0566. The fourth-order valence-electron chi connectivity index (χ4n) is 8.21. The van der Waals surface area contributed by atoms with Gasteiger partial charge in [0.25, 0.3) is 0 Å².